The van der Waals surface area contributed by atoms with Gasteiger partial charge in [-0.2, -0.15) is 4.31 Å². The Morgan fingerprint density at radius 2 is 1.78 bits per heavy atom. The van der Waals surface area contributed by atoms with Crippen LogP contribution < -0.4 is 0 Å². The smallest absolute Gasteiger partial charge is 0.243 e. The molecule has 2 aromatic rings. The molecule has 27 heavy (non-hydrogen) atoms. The lowest BCUT2D eigenvalue weighted by atomic mass is 10.2. The van der Waals surface area contributed by atoms with Gasteiger partial charge < -0.3 is 4.74 Å². The van der Waals surface area contributed by atoms with Gasteiger partial charge in [0.05, 0.1) is 28.2 Å². The van der Waals surface area contributed by atoms with Gasteiger partial charge in [-0.1, -0.05) is 47.5 Å². The molecule has 1 aliphatic rings. The molecule has 0 N–H and O–H groups in total. The van der Waals surface area contributed by atoms with E-state index in [1.165, 1.54) is 4.31 Å². The van der Waals surface area contributed by atoms with Gasteiger partial charge in [0.2, 0.25) is 10.0 Å². The summed E-state index contributed by atoms with van der Waals surface area (Å²) in [6.07, 6.45) is 0. The molecule has 2 aromatic carbocycles. The van der Waals surface area contributed by atoms with E-state index in [4.69, 9.17) is 27.9 Å². The summed E-state index contributed by atoms with van der Waals surface area (Å²) in [6, 6.07) is 12.6. The molecule has 1 heterocycles. The fraction of sp³-hybridized carbons (Fsp3) is 0.368. The molecule has 0 amide bonds. The molecule has 5 nitrogen and oxygen atoms in total. The van der Waals surface area contributed by atoms with Gasteiger partial charge >= 0.3 is 0 Å². The van der Waals surface area contributed by atoms with Crippen LogP contribution in [0.3, 0.4) is 0 Å². The van der Waals surface area contributed by atoms with Crippen LogP contribution in [0, 0.1) is 0 Å². The number of sulfonamides is 1. The average Bonchev–Trinajstić information content (AvgIpc) is 2.66. The van der Waals surface area contributed by atoms with Gasteiger partial charge in [-0.05, 0) is 36.4 Å². The molecule has 0 saturated carbocycles. The van der Waals surface area contributed by atoms with Gasteiger partial charge in [-0.3, -0.25) is 4.90 Å². The highest BCUT2D eigenvalue weighted by Gasteiger charge is 2.26. The average molecular weight is 429 g/mol. The van der Waals surface area contributed by atoms with E-state index in [2.05, 4.69) is 4.90 Å². The van der Waals surface area contributed by atoms with Gasteiger partial charge in [0.25, 0.3) is 0 Å². The summed E-state index contributed by atoms with van der Waals surface area (Å²) in [5.74, 6) is 0. The fourth-order valence-corrected chi connectivity index (χ4v) is 4.93. The second kappa shape index (κ2) is 8.90. The monoisotopic (exact) mass is 428 g/mol. The maximum absolute atomic E-state index is 12.8. The molecule has 0 radical (unpaired) electrons. The molecular weight excluding hydrogens is 407 g/mol. The Bertz CT molecular complexity index is 900. The molecule has 1 aliphatic heterocycles. The van der Waals surface area contributed by atoms with Crippen LogP contribution >= 0.6 is 23.2 Å². The Labute approximate surface area is 170 Å². The maximum atomic E-state index is 12.8. The van der Waals surface area contributed by atoms with Crippen LogP contribution in [0.5, 0.6) is 0 Å². The minimum absolute atomic E-state index is 0.316. The van der Waals surface area contributed by atoms with Crippen molar-refractivity contribution in [2.75, 3.05) is 33.4 Å². The number of morpholine rings is 1. The van der Waals surface area contributed by atoms with E-state index in [1.807, 2.05) is 25.2 Å². The number of ether oxygens (including phenoxy) is 1. The molecule has 0 bridgehead atoms. The highest BCUT2D eigenvalue weighted by Crippen LogP contribution is 2.27. The van der Waals surface area contributed by atoms with Crippen molar-refractivity contribution in [2.24, 2.45) is 0 Å². The Hall–Kier alpha value is -1.15. The first-order chi connectivity index (χ1) is 12.9. The number of benzene rings is 2. The third-order valence-electron chi connectivity index (χ3n) is 4.43. The van der Waals surface area contributed by atoms with Crippen LogP contribution in [0.2, 0.25) is 10.0 Å². The van der Waals surface area contributed by atoms with Crippen molar-refractivity contribution in [3.63, 3.8) is 0 Å². The van der Waals surface area contributed by atoms with E-state index in [0.717, 1.165) is 11.1 Å². The summed E-state index contributed by atoms with van der Waals surface area (Å²) in [5, 5.41) is 1.08. The van der Waals surface area contributed by atoms with Crippen molar-refractivity contribution in [2.45, 2.75) is 18.0 Å². The Balaban J connectivity index is 1.72. The SMILES string of the molecule is CN(Cc1cccc(S(=O)(=O)N2CCOCC2)c1)Cc1cccc(Cl)c1Cl. The maximum Gasteiger partial charge on any atom is 0.243 e. The summed E-state index contributed by atoms with van der Waals surface area (Å²) in [6.45, 7) is 2.85. The van der Waals surface area contributed by atoms with Crippen molar-refractivity contribution in [3.05, 3.63) is 63.6 Å². The quantitative estimate of drug-likeness (QED) is 0.704. The van der Waals surface area contributed by atoms with E-state index >= 15 is 0 Å². The highest BCUT2D eigenvalue weighted by molar-refractivity contribution is 7.89. The lowest BCUT2D eigenvalue weighted by molar-refractivity contribution is 0.0730. The summed E-state index contributed by atoms with van der Waals surface area (Å²) >= 11 is 12.3. The molecule has 1 saturated heterocycles. The molecule has 0 aliphatic carbocycles. The molecule has 8 heteroatoms. The zero-order chi connectivity index (χ0) is 19.4. The standard InChI is InChI=1S/C19H22Cl2N2O3S/c1-22(14-16-5-3-7-18(20)19(16)21)13-15-4-2-6-17(12-15)27(24,25)23-8-10-26-11-9-23/h2-7,12H,8-11,13-14H2,1H3. The van der Waals surface area contributed by atoms with E-state index in [0.29, 0.717) is 54.3 Å². The molecule has 3 rings (SSSR count). The molecule has 146 valence electrons. The van der Waals surface area contributed by atoms with Crippen molar-refractivity contribution in [1.29, 1.82) is 0 Å². The Kier molecular flexibility index (Phi) is 6.78. The third kappa shape index (κ3) is 5.02. The van der Waals surface area contributed by atoms with E-state index in [9.17, 15) is 8.42 Å². The summed E-state index contributed by atoms with van der Waals surface area (Å²) < 4.78 is 32.4. The van der Waals surface area contributed by atoms with Gasteiger partial charge in [0.15, 0.2) is 0 Å². The summed E-state index contributed by atoms with van der Waals surface area (Å²) in [4.78, 5) is 2.38. The first kappa shape index (κ1) is 20.6. The largest absolute Gasteiger partial charge is 0.379 e. The second-order valence-corrected chi connectivity index (χ2v) is 9.27. The van der Waals surface area contributed by atoms with E-state index in [-0.39, 0.29) is 0 Å². The minimum Gasteiger partial charge on any atom is -0.379 e. The third-order valence-corrected chi connectivity index (χ3v) is 7.18. The lowest BCUT2D eigenvalue weighted by Gasteiger charge is -2.26. The summed E-state index contributed by atoms with van der Waals surface area (Å²) in [7, 11) is -1.54. The zero-order valence-electron chi connectivity index (χ0n) is 15.1. The van der Waals surface area contributed by atoms with Crippen molar-refractivity contribution < 1.29 is 13.2 Å². The predicted molar refractivity (Wildman–Crippen MR) is 108 cm³/mol. The molecular formula is C19H22Cl2N2O3S. The van der Waals surface area contributed by atoms with Crippen LogP contribution in [0.4, 0.5) is 0 Å². The van der Waals surface area contributed by atoms with Crippen LogP contribution in [-0.2, 0) is 27.8 Å². The molecule has 1 fully saturated rings. The fourth-order valence-electron chi connectivity index (χ4n) is 3.07. The summed E-state index contributed by atoms with van der Waals surface area (Å²) in [5.41, 5.74) is 1.86. The lowest BCUT2D eigenvalue weighted by Crippen LogP contribution is -2.40. The van der Waals surface area contributed by atoms with Crippen LogP contribution in [0.15, 0.2) is 47.4 Å². The molecule has 0 aromatic heterocycles. The van der Waals surface area contributed by atoms with Crippen LogP contribution in [-0.4, -0.2) is 51.0 Å². The number of hydrogen-bond donors (Lipinski definition) is 0. The predicted octanol–water partition coefficient (Wildman–Crippen LogP) is 3.65. The van der Waals surface area contributed by atoms with Crippen molar-refractivity contribution in [1.82, 2.24) is 9.21 Å². The highest BCUT2D eigenvalue weighted by atomic mass is 35.5. The molecule has 0 atom stereocenters. The van der Waals surface area contributed by atoms with Crippen molar-refractivity contribution >= 4 is 33.2 Å². The zero-order valence-corrected chi connectivity index (χ0v) is 17.4. The normalized spacial score (nSPS) is 16.0. The van der Waals surface area contributed by atoms with Gasteiger partial charge in [0, 0.05) is 26.2 Å². The number of halogens is 2. The number of nitrogens with zero attached hydrogens (tertiary/aromatic N) is 2. The van der Waals surface area contributed by atoms with E-state index < -0.39 is 10.0 Å². The molecule has 0 unspecified atom stereocenters. The number of hydrogen-bond acceptors (Lipinski definition) is 4. The molecule has 0 spiro atoms. The topological polar surface area (TPSA) is 49.9 Å². The minimum atomic E-state index is -3.50. The van der Waals surface area contributed by atoms with Crippen LogP contribution in [0.1, 0.15) is 11.1 Å². The van der Waals surface area contributed by atoms with Gasteiger partial charge in [-0.15, -0.1) is 0 Å². The second-order valence-electron chi connectivity index (χ2n) is 6.55. The Morgan fingerprint density at radius 1 is 1.07 bits per heavy atom. The van der Waals surface area contributed by atoms with Gasteiger partial charge in [0.1, 0.15) is 0 Å². The first-order valence-electron chi connectivity index (χ1n) is 8.66. The number of rotatable bonds is 6. The van der Waals surface area contributed by atoms with Gasteiger partial charge in [-0.25, -0.2) is 8.42 Å². The van der Waals surface area contributed by atoms with Crippen molar-refractivity contribution in [3.8, 4) is 0 Å². The first-order valence-corrected chi connectivity index (χ1v) is 10.9. The van der Waals surface area contributed by atoms with Crippen LogP contribution in [0.25, 0.3) is 0 Å². The Morgan fingerprint density at radius 3 is 2.52 bits per heavy atom. The van der Waals surface area contributed by atoms with E-state index in [1.54, 1.807) is 24.3 Å².